The maximum Gasteiger partial charge on any atom is 0.109 e. The van der Waals surface area contributed by atoms with Crippen LogP contribution in [0.25, 0.3) is 0 Å². The number of hydrogen-bond donors (Lipinski definition) is 1. The molecule has 0 aromatic carbocycles. The van der Waals surface area contributed by atoms with Gasteiger partial charge in [0, 0.05) is 31.5 Å². The van der Waals surface area contributed by atoms with Gasteiger partial charge in [0.05, 0.1) is 0 Å². The zero-order valence-electron chi connectivity index (χ0n) is 8.85. The molecular formula is C11H18NO. The van der Waals surface area contributed by atoms with E-state index in [1.165, 1.54) is 5.92 Å². The lowest BCUT2D eigenvalue weighted by atomic mass is 10.0. The number of methoxy groups -OCH3 is 1. The van der Waals surface area contributed by atoms with Crippen LogP contribution in [0, 0.1) is 31.3 Å². The molecule has 1 N–H and O–H groups in total. The highest BCUT2D eigenvalue weighted by atomic mass is 16.5. The first-order valence-electron chi connectivity index (χ1n) is 4.56. The van der Waals surface area contributed by atoms with E-state index in [9.17, 15) is 0 Å². The fraction of sp³-hybridized carbons (Fsp3) is 0.545. The van der Waals surface area contributed by atoms with E-state index in [0.29, 0.717) is 0 Å². The Morgan fingerprint density at radius 2 is 2.00 bits per heavy atom. The summed E-state index contributed by atoms with van der Waals surface area (Å²) in [6, 6.07) is 0. The van der Waals surface area contributed by atoms with Crippen molar-refractivity contribution >= 4 is 0 Å². The average molecular weight is 180 g/mol. The predicted octanol–water partition coefficient (Wildman–Crippen LogP) is 1.75. The minimum atomic E-state index is 0.155. The van der Waals surface area contributed by atoms with Gasteiger partial charge in [0.1, 0.15) is 6.10 Å². The molecule has 2 heteroatoms. The number of nitrogens with one attached hydrogen (secondary N) is 1. The van der Waals surface area contributed by atoms with Crippen molar-refractivity contribution in [3.63, 3.8) is 0 Å². The fourth-order valence-electron chi connectivity index (χ4n) is 1.15. The van der Waals surface area contributed by atoms with Gasteiger partial charge in [-0.3, -0.25) is 0 Å². The Hall–Kier alpha value is -0.0800. The molecule has 0 unspecified atom stereocenters. The second-order valence-electron chi connectivity index (χ2n) is 4.22. The predicted molar refractivity (Wildman–Crippen MR) is 54.2 cm³/mol. The van der Waals surface area contributed by atoms with Gasteiger partial charge in [-0.25, -0.2) is 0 Å². The van der Waals surface area contributed by atoms with Crippen molar-refractivity contribution in [3.05, 3.63) is 31.3 Å². The van der Waals surface area contributed by atoms with Crippen LogP contribution in [0.1, 0.15) is 20.8 Å². The van der Waals surface area contributed by atoms with Gasteiger partial charge in [0.15, 0.2) is 0 Å². The first kappa shape index (κ1) is 11.0. The zero-order chi connectivity index (χ0) is 9.90. The number of rotatable bonds is 3. The van der Waals surface area contributed by atoms with Gasteiger partial charge in [-0.15, -0.1) is 0 Å². The van der Waals surface area contributed by atoms with E-state index < -0.39 is 0 Å². The molecule has 0 aliphatic heterocycles. The molecule has 0 saturated heterocycles. The fourth-order valence-corrected chi connectivity index (χ4v) is 1.15. The molecule has 0 aromatic heterocycles. The van der Waals surface area contributed by atoms with Crippen LogP contribution in [0.4, 0.5) is 0 Å². The van der Waals surface area contributed by atoms with Crippen LogP contribution >= 0.6 is 0 Å². The quantitative estimate of drug-likeness (QED) is 0.714. The molecule has 1 aliphatic rings. The Morgan fingerprint density at radius 3 is 2.54 bits per heavy atom. The van der Waals surface area contributed by atoms with Crippen LogP contribution in [0.2, 0.25) is 0 Å². The van der Waals surface area contributed by atoms with Gasteiger partial charge in [-0.2, -0.15) is 0 Å². The molecule has 0 bridgehead atoms. The summed E-state index contributed by atoms with van der Waals surface area (Å²) in [5, 5.41) is 3.42. The van der Waals surface area contributed by atoms with Crippen LogP contribution in [-0.4, -0.2) is 19.2 Å². The van der Waals surface area contributed by atoms with E-state index in [2.05, 4.69) is 32.5 Å². The van der Waals surface area contributed by atoms with Gasteiger partial charge in [-0.1, -0.05) is 0 Å². The molecule has 1 fully saturated rings. The smallest absolute Gasteiger partial charge is 0.109 e. The van der Waals surface area contributed by atoms with Gasteiger partial charge in [0.25, 0.3) is 0 Å². The Kier molecular flexibility index (Phi) is 3.74. The summed E-state index contributed by atoms with van der Waals surface area (Å²) in [5.74, 6) is 1.22. The van der Waals surface area contributed by atoms with Crippen molar-refractivity contribution in [2.24, 2.45) is 0 Å². The van der Waals surface area contributed by atoms with Crippen molar-refractivity contribution in [3.8, 4) is 0 Å². The number of hydrogen-bond acceptors (Lipinski definition) is 2. The zero-order valence-corrected chi connectivity index (χ0v) is 8.85. The van der Waals surface area contributed by atoms with Crippen molar-refractivity contribution in [1.82, 2.24) is 5.32 Å². The number of ether oxygens (including phenoxy) is 1. The molecular weight excluding hydrogens is 162 g/mol. The highest BCUT2D eigenvalue weighted by Gasteiger charge is 2.30. The highest BCUT2D eigenvalue weighted by molar-refractivity contribution is 5.41. The molecule has 73 valence electrons. The standard InChI is InChI=1S/C11H18NO/c1-11(2,3)12-8-9-6-5-7-10(9)13-4/h5-7,12H,8H2,1-4H3. The van der Waals surface area contributed by atoms with Crippen LogP contribution < -0.4 is 5.32 Å². The van der Waals surface area contributed by atoms with E-state index in [1.807, 2.05) is 12.8 Å². The van der Waals surface area contributed by atoms with E-state index in [-0.39, 0.29) is 5.54 Å². The van der Waals surface area contributed by atoms with Crippen molar-refractivity contribution < 1.29 is 4.74 Å². The second kappa shape index (κ2) is 4.43. The lowest BCUT2D eigenvalue weighted by molar-refractivity contribution is 0.231. The minimum Gasteiger partial charge on any atom is -0.374 e. The Balaban J connectivity index is 2.28. The van der Waals surface area contributed by atoms with Crippen molar-refractivity contribution in [1.29, 1.82) is 0 Å². The molecule has 13 heavy (non-hydrogen) atoms. The molecule has 0 amide bonds. The molecule has 2 nitrogen and oxygen atoms in total. The molecule has 1 saturated carbocycles. The monoisotopic (exact) mass is 180 g/mol. The molecule has 5 radical (unpaired) electrons. The first-order valence-corrected chi connectivity index (χ1v) is 4.56. The van der Waals surface area contributed by atoms with Crippen LogP contribution in [0.15, 0.2) is 0 Å². The van der Waals surface area contributed by atoms with E-state index in [1.54, 1.807) is 7.11 Å². The Labute approximate surface area is 82.0 Å². The van der Waals surface area contributed by atoms with E-state index in [0.717, 1.165) is 12.6 Å². The Morgan fingerprint density at radius 1 is 1.31 bits per heavy atom. The minimum absolute atomic E-state index is 0.155. The summed E-state index contributed by atoms with van der Waals surface area (Å²) in [5.41, 5.74) is 0.155. The summed E-state index contributed by atoms with van der Waals surface area (Å²) in [6.45, 7) is 7.33. The van der Waals surface area contributed by atoms with E-state index in [4.69, 9.17) is 4.74 Å². The molecule has 0 atom stereocenters. The third kappa shape index (κ3) is 3.65. The highest BCUT2D eigenvalue weighted by Crippen LogP contribution is 2.32. The topological polar surface area (TPSA) is 21.3 Å². The largest absolute Gasteiger partial charge is 0.374 e. The van der Waals surface area contributed by atoms with E-state index >= 15 is 0 Å². The summed E-state index contributed by atoms with van der Waals surface area (Å²) in [6.07, 6.45) is 7.05. The van der Waals surface area contributed by atoms with Crippen LogP contribution in [-0.2, 0) is 4.74 Å². The molecule has 0 spiro atoms. The van der Waals surface area contributed by atoms with Gasteiger partial charge >= 0.3 is 0 Å². The van der Waals surface area contributed by atoms with Crippen LogP contribution in [0.3, 0.4) is 0 Å². The summed E-state index contributed by atoms with van der Waals surface area (Å²) in [4.78, 5) is 0. The maximum atomic E-state index is 5.21. The average Bonchev–Trinajstić information content (AvgIpc) is 2.46. The lowest BCUT2D eigenvalue weighted by Gasteiger charge is -2.24. The van der Waals surface area contributed by atoms with Gasteiger partial charge in [0.2, 0.25) is 0 Å². The summed E-state index contributed by atoms with van der Waals surface area (Å²) < 4.78 is 5.21. The molecule has 1 aliphatic carbocycles. The summed E-state index contributed by atoms with van der Waals surface area (Å²) >= 11 is 0. The second-order valence-corrected chi connectivity index (χ2v) is 4.22. The molecule has 0 aromatic rings. The van der Waals surface area contributed by atoms with Crippen LogP contribution in [0.5, 0.6) is 0 Å². The maximum absolute atomic E-state index is 5.21. The van der Waals surface area contributed by atoms with Gasteiger partial charge < -0.3 is 10.1 Å². The normalized spacial score (nSPS) is 21.2. The molecule has 1 rings (SSSR count). The SMILES string of the molecule is CO[C]1[CH][CH][CH][C]1CNC(C)(C)C. The van der Waals surface area contributed by atoms with Crippen molar-refractivity contribution in [2.45, 2.75) is 26.3 Å². The lowest BCUT2D eigenvalue weighted by Crippen LogP contribution is -2.39. The third-order valence-corrected chi connectivity index (χ3v) is 1.89. The molecule has 0 heterocycles. The van der Waals surface area contributed by atoms with Gasteiger partial charge in [-0.05, 0) is 33.6 Å². The first-order chi connectivity index (χ1) is 6.03. The third-order valence-electron chi connectivity index (χ3n) is 1.89. The Bertz CT molecular complexity index is 151. The summed E-state index contributed by atoms with van der Waals surface area (Å²) in [7, 11) is 1.70. The van der Waals surface area contributed by atoms with Crippen molar-refractivity contribution in [2.75, 3.05) is 13.7 Å².